The number of amides is 1. The Balaban J connectivity index is 1.32. The number of likely N-dealkylation sites (tertiary alicyclic amines) is 2. The summed E-state index contributed by atoms with van der Waals surface area (Å²) < 4.78 is 10.8. The van der Waals surface area contributed by atoms with Gasteiger partial charge in [0.15, 0.2) is 0 Å². The van der Waals surface area contributed by atoms with E-state index in [0.717, 1.165) is 70.0 Å². The Morgan fingerprint density at radius 1 is 1.31 bits per heavy atom. The lowest BCUT2D eigenvalue weighted by molar-refractivity contribution is -0.128. The first-order valence-corrected chi connectivity index (χ1v) is 9.87. The summed E-state index contributed by atoms with van der Waals surface area (Å²) >= 11 is 0. The van der Waals surface area contributed by atoms with Crippen LogP contribution in [0.3, 0.4) is 0 Å². The van der Waals surface area contributed by atoms with Crippen LogP contribution in [-0.4, -0.2) is 62.2 Å². The van der Waals surface area contributed by atoms with Gasteiger partial charge in [0.25, 0.3) is 0 Å². The fraction of sp³-hybridized carbons (Fsp3) is 0.667. The van der Waals surface area contributed by atoms with Crippen molar-refractivity contribution in [2.24, 2.45) is 11.3 Å². The molecule has 0 N–H and O–H groups in total. The molecular formula is C21H30N2O3. The number of rotatable bonds is 5. The van der Waals surface area contributed by atoms with E-state index in [1.807, 2.05) is 18.2 Å². The number of carbonyl (C=O) groups is 1. The minimum atomic E-state index is 0.193. The van der Waals surface area contributed by atoms with Crippen LogP contribution < -0.4 is 4.74 Å². The van der Waals surface area contributed by atoms with Crippen LogP contribution in [0.25, 0.3) is 0 Å². The first-order valence-electron chi connectivity index (χ1n) is 9.87. The van der Waals surface area contributed by atoms with Crippen molar-refractivity contribution in [3.05, 3.63) is 29.8 Å². The van der Waals surface area contributed by atoms with Crippen LogP contribution in [0.5, 0.6) is 5.75 Å². The lowest BCUT2D eigenvalue weighted by Gasteiger charge is -2.39. The van der Waals surface area contributed by atoms with Crippen molar-refractivity contribution in [1.82, 2.24) is 9.80 Å². The highest BCUT2D eigenvalue weighted by molar-refractivity contribution is 5.79. The highest BCUT2D eigenvalue weighted by Gasteiger charge is 2.44. The van der Waals surface area contributed by atoms with Crippen molar-refractivity contribution in [1.29, 1.82) is 0 Å². The fourth-order valence-electron chi connectivity index (χ4n) is 4.75. The molecule has 142 valence electrons. The summed E-state index contributed by atoms with van der Waals surface area (Å²) in [5, 5.41) is 0. The zero-order chi connectivity index (χ0) is 18.0. The van der Waals surface area contributed by atoms with E-state index in [4.69, 9.17) is 9.47 Å². The summed E-state index contributed by atoms with van der Waals surface area (Å²) in [6.07, 6.45) is 4.20. The Labute approximate surface area is 156 Å². The predicted molar refractivity (Wildman–Crippen MR) is 100 cm³/mol. The Morgan fingerprint density at radius 2 is 2.15 bits per heavy atom. The normalized spacial score (nSPS) is 26.0. The molecule has 0 saturated carbocycles. The molecule has 3 heterocycles. The lowest BCUT2D eigenvalue weighted by atomic mass is 9.77. The second-order valence-corrected chi connectivity index (χ2v) is 8.31. The van der Waals surface area contributed by atoms with Gasteiger partial charge in [0.1, 0.15) is 5.75 Å². The van der Waals surface area contributed by atoms with Crippen LogP contribution in [0.2, 0.25) is 0 Å². The van der Waals surface area contributed by atoms with Gasteiger partial charge in [-0.3, -0.25) is 4.79 Å². The second kappa shape index (κ2) is 7.57. The third kappa shape index (κ3) is 3.89. The number of methoxy groups -OCH3 is 1. The molecule has 0 aromatic heterocycles. The molecule has 5 heteroatoms. The number of hydrogen-bond acceptors (Lipinski definition) is 4. The molecule has 26 heavy (non-hydrogen) atoms. The van der Waals surface area contributed by atoms with Crippen molar-refractivity contribution in [3.8, 4) is 5.75 Å². The fourth-order valence-corrected chi connectivity index (χ4v) is 4.75. The van der Waals surface area contributed by atoms with E-state index in [1.165, 1.54) is 6.42 Å². The summed E-state index contributed by atoms with van der Waals surface area (Å²) in [5.74, 6) is 1.87. The van der Waals surface area contributed by atoms with Crippen molar-refractivity contribution in [3.63, 3.8) is 0 Å². The third-order valence-electron chi connectivity index (χ3n) is 6.37. The molecule has 5 nitrogen and oxygen atoms in total. The van der Waals surface area contributed by atoms with E-state index in [0.29, 0.717) is 18.4 Å². The van der Waals surface area contributed by atoms with Gasteiger partial charge in [0, 0.05) is 32.7 Å². The van der Waals surface area contributed by atoms with Gasteiger partial charge in [0.05, 0.1) is 13.7 Å². The van der Waals surface area contributed by atoms with Crippen LogP contribution in [0.1, 0.15) is 31.2 Å². The molecule has 1 spiro atoms. The molecule has 3 saturated heterocycles. The van der Waals surface area contributed by atoms with E-state index >= 15 is 0 Å². The van der Waals surface area contributed by atoms with Gasteiger partial charge in [-0.2, -0.15) is 0 Å². The third-order valence-corrected chi connectivity index (χ3v) is 6.37. The van der Waals surface area contributed by atoms with Crippen LogP contribution >= 0.6 is 0 Å². The first-order chi connectivity index (χ1) is 12.7. The van der Waals surface area contributed by atoms with Gasteiger partial charge >= 0.3 is 0 Å². The van der Waals surface area contributed by atoms with Gasteiger partial charge < -0.3 is 19.3 Å². The number of piperidine rings is 1. The Morgan fingerprint density at radius 3 is 2.88 bits per heavy atom. The molecular weight excluding hydrogens is 328 g/mol. The van der Waals surface area contributed by atoms with Crippen LogP contribution in [0, 0.1) is 11.3 Å². The van der Waals surface area contributed by atoms with Gasteiger partial charge in [0.2, 0.25) is 5.91 Å². The molecule has 1 atom stereocenters. The second-order valence-electron chi connectivity index (χ2n) is 8.31. The SMILES string of the molecule is COc1cccc(CN2CC3(CCN(C[C@H]4CCOC4)CC3)CC2=O)c1. The van der Waals surface area contributed by atoms with Crippen LogP contribution in [0.4, 0.5) is 0 Å². The minimum Gasteiger partial charge on any atom is -0.497 e. The maximum Gasteiger partial charge on any atom is 0.223 e. The van der Waals surface area contributed by atoms with E-state index in [1.54, 1.807) is 7.11 Å². The molecule has 0 radical (unpaired) electrons. The Bertz CT molecular complexity index is 634. The Kier molecular flexibility index (Phi) is 5.18. The van der Waals surface area contributed by atoms with E-state index in [2.05, 4.69) is 15.9 Å². The maximum absolute atomic E-state index is 12.6. The average molecular weight is 358 g/mol. The predicted octanol–water partition coefficient (Wildman–Crippen LogP) is 2.55. The quantitative estimate of drug-likeness (QED) is 0.811. The van der Waals surface area contributed by atoms with Gasteiger partial charge in [-0.15, -0.1) is 0 Å². The van der Waals surface area contributed by atoms with Gasteiger partial charge in [-0.25, -0.2) is 0 Å². The summed E-state index contributed by atoms with van der Waals surface area (Å²) in [6.45, 7) is 6.86. The minimum absolute atomic E-state index is 0.193. The average Bonchev–Trinajstić information content (AvgIpc) is 3.26. The topological polar surface area (TPSA) is 42.0 Å². The number of benzene rings is 1. The molecule has 3 aliphatic heterocycles. The molecule has 1 amide bonds. The van der Waals surface area contributed by atoms with Gasteiger partial charge in [-0.1, -0.05) is 12.1 Å². The maximum atomic E-state index is 12.6. The molecule has 0 unspecified atom stereocenters. The molecule has 3 fully saturated rings. The standard InChI is InChI=1S/C21H30N2O3/c1-25-19-4-2-3-17(11-19)14-23-16-21(12-20(23)24)6-8-22(9-7-21)13-18-5-10-26-15-18/h2-4,11,18H,5-10,12-16H2,1H3/t18-/m1/s1. The van der Waals surface area contributed by atoms with E-state index < -0.39 is 0 Å². The molecule has 4 rings (SSSR count). The van der Waals surface area contributed by atoms with Crippen molar-refractivity contribution < 1.29 is 14.3 Å². The van der Waals surface area contributed by atoms with Crippen molar-refractivity contribution in [2.45, 2.75) is 32.2 Å². The smallest absolute Gasteiger partial charge is 0.223 e. The lowest BCUT2D eigenvalue weighted by Crippen LogP contribution is -2.43. The zero-order valence-corrected chi connectivity index (χ0v) is 15.8. The highest BCUT2D eigenvalue weighted by atomic mass is 16.5. The molecule has 0 bridgehead atoms. The van der Waals surface area contributed by atoms with E-state index in [-0.39, 0.29) is 5.41 Å². The summed E-state index contributed by atoms with van der Waals surface area (Å²) in [7, 11) is 1.68. The van der Waals surface area contributed by atoms with E-state index in [9.17, 15) is 4.79 Å². The molecule has 1 aromatic carbocycles. The monoisotopic (exact) mass is 358 g/mol. The number of ether oxygens (including phenoxy) is 2. The molecule has 3 aliphatic rings. The summed E-state index contributed by atoms with van der Waals surface area (Å²) in [4.78, 5) is 17.3. The summed E-state index contributed by atoms with van der Waals surface area (Å²) in [6, 6.07) is 8.05. The van der Waals surface area contributed by atoms with Crippen molar-refractivity contribution in [2.75, 3.05) is 46.5 Å². The van der Waals surface area contributed by atoms with Crippen molar-refractivity contribution >= 4 is 5.91 Å². The zero-order valence-electron chi connectivity index (χ0n) is 15.8. The first kappa shape index (κ1) is 17.8. The number of hydrogen-bond donors (Lipinski definition) is 0. The van der Waals surface area contributed by atoms with Crippen LogP contribution in [0.15, 0.2) is 24.3 Å². The summed E-state index contributed by atoms with van der Waals surface area (Å²) in [5.41, 5.74) is 1.34. The van der Waals surface area contributed by atoms with Gasteiger partial charge in [-0.05, 0) is 61.4 Å². The molecule has 0 aliphatic carbocycles. The van der Waals surface area contributed by atoms with Crippen LogP contribution in [-0.2, 0) is 16.1 Å². The Hall–Kier alpha value is -1.59. The number of nitrogens with zero attached hydrogens (tertiary/aromatic N) is 2. The highest BCUT2D eigenvalue weighted by Crippen LogP contribution is 2.41. The number of carbonyl (C=O) groups excluding carboxylic acids is 1. The largest absolute Gasteiger partial charge is 0.497 e. The molecule has 1 aromatic rings.